The molecule has 1 atom stereocenters. The van der Waals surface area contributed by atoms with E-state index in [4.69, 9.17) is 24.0 Å². The number of ether oxygens (including phenoxy) is 4. The molecule has 1 spiro atoms. The van der Waals surface area contributed by atoms with E-state index in [1.807, 2.05) is 30.3 Å². The lowest BCUT2D eigenvalue weighted by Crippen LogP contribution is -2.59. The summed E-state index contributed by atoms with van der Waals surface area (Å²) in [6.07, 6.45) is 2.47. The van der Waals surface area contributed by atoms with Crippen LogP contribution in [0.25, 0.3) is 0 Å². The number of hydrazone groups is 1. The van der Waals surface area contributed by atoms with Crippen LogP contribution in [0.5, 0.6) is 23.0 Å². The molecule has 7 nitrogen and oxygen atoms in total. The molecule has 7 heteroatoms. The summed E-state index contributed by atoms with van der Waals surface area (Å²) in [4.78, 5) is 2.50. The summed E-state index contributed by atoms with van der Waals surface area (Å²) in [7, 11) is 5.06. The summed E-state index contributed by atoms with van der Waals surface area (Å²) < 4.78 is 23.8. The van der Waals surface area contributed by atoms with Gasteiger partial charge >= 0.3 is 0 Å². The molecule has 3 heterocycles. The molecule has 0 bridgehead atoms. The molecule has 3 aliphatic rings. The van der Waals surface area contributed by atoms with Gasteiger partial charge in [-0.15, -0.1) is 0 Å². The van der Waals surface area contributed by atoms with Crippen LogP contribution in [-0.2, 0) is 6.54 Å². The minimum atomic E-state index is -0.527. The van der Waals surface area contributed by atoms with Gasteiger partial charge in [0.1, 0.15) is 11.5 Å². The van der Waals surface area contributed by atoms with Crippen LogP contribution in [-0.4, -0.2) is 55.8 Å². The van der Waals surface area contributed by atoms with E-state index in [2.05, 4.69) is 46.3 Å². The fraction of sp³-hybridized carbons (Fsp3) is 0.367. The van der Waals surface area contributed by atoms with E-state index in [0.717, 1.165) is 78.7 Å². The summed E-state index contributed by atoms with van der Waals surface area (Å²) in [6.45, 7) is 2.80. The number of likely N-dealkylation sites (tertiary alicyclic amines) is 1. The van der Waals surface area contributed by atoms with Gasteiger partial charge in [0.25, 0.3) is 0 Å². The number of para-hydroxylation sites is 1. The van der Waals surface area contributed by atoms with Crippen molar-refractivity contribution < 1.29 is 18.9 Å². The van der Waals surface area contributed by atoms with Gasteiger partial charge in [-0.05, 0) is 23.8 Å². The van der Waals surface area contributed by atoms with Crippen molar-refractivity contribution in [3.63, 3.8) is 0 Å². The van der Waals surface area contributed by atoms with Gasteiger partial charge in [0.05, 0.1) is 33.1 Å². The lowest BCUT2D eigenvalue weighted by molar-refractivity contribution is -0.151. The molecule has 0 aromatic heterocycles. The average molecular weight is 500 g/mol. The molecule has 1 fully saturated rings. The molecular formula is C30H33N3O4. The van der Waals surface area contributed by atoms with Crippen molar-refractivity contribution >= 4 is 5.71 Å². The predicted octanol–water partition coefficient (Wildman–Crippen LogP) is 5.25. The summed E-state index contributed by atoms with van der Waals surface area (Å²) in [5.41, 5.74) is 3.90. The molecule has 37 heavy (non-hydrogen) atoms. The summed E-state index contributed by atoms with van der Waals surface area (Å²) in [5.74, 6) is 3.15. The second kappa shape index (κ2) is 9.63. The second-order valence-electron chi connectivity index (χ2n) is 9.87. The first-order chi connectivity index (χ1) is 18.1. The van der Waals surface area contributed by atoms with Crippen molar-refractivity contribution in [3.05, 3.63) is 83.4 Å². The Morgan fingerprint density at radius 3 is 2.41 bits per heavy atom. The molecule has 0 saturated carbocycles. The van der Waals surface area contributed by atoms with E-state index >= 15 is 0 Å². The van der Waals surface area contributed by atoms with Gasteiger partial charge in [0.15, 0.2) is 11.5 Å². The predicted molar refractivity (Wildman–Crippen MR) is 143 cm³/mol. The van der Waals surface area contributed by atoms with Crippen LogP contribution in [0.4, 0.5) is 0 Å². The highest BCUT2D eigenvalue weighted by molar-refractivity contribution is 6.04. The molecule has 1 unspecified atom stereocenters. The van der Waals surface area contributed by atoms with E-state index in [1.165, 1.54) is 5.56 Å². The van der Waals surface area contributed by atoms with Gasteiger partial charge in [0, 0.05) is 56.1 Å². The average Bonchev–Trinajstić information content (AvgIpc) is 3.41. The fourth-order valence-corrected chi connectivity index (χ4v) is 5.86. The summed E-state index contributed by atoms with van der Waals surface area (Å²) in [5, 5.41) is 7.46. The third kappa shape index (κ3) is 4.17. The lowest BCUT2D eigenvalue weighted by Gasteiger charge is -2.51. The number of hydrogen-bond donors (Lipinski definition) is 0. The first-order valence-electron chi connectivity index (χ1n) is 12.9. The normalized spacial score (nSPS) is 20.0. The first-order valence-corrected chi connectivity index (χ1v) is 12.9. The monoisotopic (exact) mass is 499 g/mol. The first kappa shape index (κ1) is 23.7. The summed E-state index contributed by atoms with van der Waals surface area (Å²) in [6, 6.07) is 22.8. The van der Waals surface area contributed by atoms with Crippen molar-refractivity contribution in [2.24, 2.45) is 5.10 Å². The number of fused-ring (bicyclic) bond motifs is 4. The molecule has 0 amide bonds. The van der Waals surface area contributed by atoms with E-state index in [0.29, 0.717) is 0 Å². The standard InChI is InChI=1S/C30H33N3O4/c1-34-22-12-13-23(28(18-22)36-3)25-19-26-24-10-7-11-27(35-2)29(24)37-30(33(26)31-25)14-16-32(17-15-30)20-21-8-5-4-6-9-21/h4-13,18,26H,14-17,19-20H2,1-3H3. The summed E-state index contributed by atoms with van der Waals surface area (Å²) >= 11 is 0. The van der Waals surface area contributed by atoms with Crippen LogP contribution in [0.15, 0.2) is 71.8 Å². The van der Waals surface area contributed by atoms with E-state index in [-0.39, 0.29) is 6.04 Å². The minimum Gasteiger partial charge on any atom is -0.497 e. The zero-order valence-corrected chi connectivity index (χ0v) is 21.6. The molecule has 6 rings (SSSR count). The Labute approximate surface area is 218 Å². The zero-order chi connectivity index (χ0) is 25.4. The molecule has 192 valence electrons. The maximum absolute atomic E-state index is 6.89. The number of benzene rings is 3. The molecular weight excluding hydrogens is 466 g/mol. The SMILES string of the molecule is COc1ccc(C2=NN3C(C2)c2cccc(OC)c2OC32CCN(Cc3ccccc3)CC2)c(OC)c1. The lowest BCUT2D eigenvalue weighted by atomic mass is 9.90. The van der Waals surface area contributed by atoms with Gasteiger partial charge in [0.2, 0.25) is 5.72 Å². The van der Waals surface area contributed by atoms with Crippen molar-refractivity contribution in [1.82, 2.24) is 9.91 Å². The third-order valence-electron chi connectivity index (χ3n) is 7.81. The van der Waals surface area contributed by atoms with Gasteiger partial charge in [-0.3, -0.25) is 4.90 Å². The van der Waals surface area contributed by atoms with Crippen molar-refractivity contribution in [1.29, 1.82) is 0 Å². The molecule has 0 aliphatic carbocycles. The smallest absolute Gasteiger partial charge is 0.200 e. The number of rotatable bonds is 6. The quantitative estimate of drug-likeness (QED) is 0.462. The Morgan fingerprint density at radius 1 is 0.892 bits per heavy atom. The Kier molecular flexibility index (Phi) is 6.16. The highest BCUT2D eigenvalue weighted by atomic mass is 16.5. The van der Waals surface area contributed by atoms with Crippen molar-refractivity contribution in [2.45, 2.75) is 37.6 Å². The molecule has 3 aliphatic heterocycles. The molecule has 3 aromatic carbocycles. The topological polar surface area (TPSA) is 55.8 Å². The Bertz CT molecular complexity index is 1300. The number of nitrogens with zero attached hydrogens (tertiary/aromatic N) is 3. The van der Waals surface area contributed by atoms with Gasteiger partial charge in [-0.1, -0.05) is 42.5 Å². The Hall–Kier alpha value is -3.71. The van der Waals surface area contributed by atoms with E-state index in [9.17, 15) is 0 Å². The van der Waals surface area contributed by atoms with Gasteiger partial charge < -0.3 is 18.9 Å². The van der Waals surface area contributed by atoms with Gasteiger partial charge in [-0.2, -0.15) is 5.10 Å². The van der Waals surface area contributed by atoms with E-state index < -0.39 is 5.72 Å². The maximum Gasteiger partial charge on any atom is 0.200 e. The Balaban J connectivity index is 1.35. The van der Waals surface area contributed by atoms with Crippen LogP contribution >= 0.6 is 0 Å². The molecule has 0 radical (unpaired) electrons. The highest BCUT2D eigenvalue weighted by Gasteiger charge is 2.52. The maximum atomic E-state index is 6.89. The number of piperidine rings is 1. The molecule has 1 saturated heterocycles. The Morgan fingerprint density at radius 2 is 1.68 bits per heavy atom. The van der Waals surface area contributed by atoms with Gasteiger partial charge in [-0.25, -0.2) is 5.01 Å². The second-order valence-corrected chi connectivity index (χ2v) is 9.87. The molecule has 0 N–H and O–H groups in total. The van der Waals surface area contributed by atoms with E-state index in [1.54, 1.807) is 21.3 Å². The van der Waals surface area contributed by atoms with Crippen LogP contribution in [0.3, 0.4) is 0 Å². The fourth-order valence-electron chi connectivity index (χ4n) is 5.86. The molecule has 3 aromatic rings. The minimum absolute atomic E-state index is 0.0707. The van der Waals surface area contributed by atoms with Crippen LogP contribution in [0.2, 0.25) is 0 Å². The zero-order valence-electron chi connectivity index (χ0n) is 21.6. The van der Waals surface area contributed by atoms with Crippen LogP contribution < -0.4 is 18.9 Å². The highest BCUT2D eigenvalue weighted by Crippen LogP contribution is 2.53. The largest absolute Gasteiger partial charge is 0.497 e. The number of methoxy groups -OCH3 is 3. The van der Waals surface area contributed by atoms with Crippen LogP contribution in [0, 0.1) is 0 Å². The van der Waals surface area contributed by atoms with Crippen LogP contribution in [0.1, 0.15) is 42.0 Å². The number of hydrogen-bond acceptors (Lipinski definition) is 7. The van der Waals surface area contributed by atoms with Crippen molar-refractivity contribution in [2.75, 3.05) is 34.4 Å². The van der Waals surface area contributed by atoms with Crippen molar-refractivity contribution in [3.8, 4) is 23.0 Å². The third-order valence-corrected chi connectivity index (χ3v) is 7.81.